The third-order valence-corrected chi connectivity index (χ3v) is 1.25. The summed E-state index contributed by atoms with van der Waals surface area (Å²) >= 11 is 0. The first-order chi connectivity index (χ1) is 3.93. The van der Waals surface area contributed by atoms with Crippen molar-refractivity contribution in [2.75, 3.05) is 0 Å². The molecule has 9 heavy (non-hydrogen) atoms. The molecule has 0 aliphatic carbocycles. The average Bonchev–Trinajstić information content (AvgIpc) is 1.90. The van der Waals surface area contributed by atoms with E-state index in [0.717, 1.165) is 6.42 Å². The fourth-order valence-corrected chi connectivity index (χ4v) is 0.714. The first-order valence-corrected chi connectivity index (χ1v) is 2.97. The average molecular weight is 344 g/mol. The van der Waals surface area contributed by atoms with Crippen LogP contribution in [0.1, 0.15) is 12.5 Å². The van der Waals surface area contributed by atoms with Gasteiger partial charge in [-0.3, -0.25) is 0 Å². The second-order valence-electron chi connectivity index (χ2n) is 1.84. The van der Waals surface area contributed by atoms with Crippen molar-refractivity contribution in [2.24, 2.45) is 0 Å². The van der Waals surface area contributed by atoms with Gasteiger partial charge in [0.15, 0.2) is 0 Å². The van der Waals surface area contributed by atoms with Crippen molar-refractivity contribution in [1.82, 2.24) is 0 Å². The zero-order valence-electron chi connectivity index (χ0n) is 5.59. The van der Waals surface area contributed by atoms with Gasteiger partial charge in [-0.05, 0) is 12.0 Å². The third kappa shape index (κ3) is 3.08. The largest absolute Gasteiger partial charge is 0.0622 e. The number of rotatable bonds is 1. The molecule has 0 unspecified atom stereocenters. The quantitative estimate of drug-likeness (QED) is 0.733. The van der Waals surface area contributed by atoms with Crippen LogP contribution in [0, 0.1) is 31.1 Å². The predicted octanol–water partition coefficient (Wildman–Crippen LogP) is 2.25. The first kappa shape index (κ1) is 9.27. The van der Waals surface area contributed by atoms with E-state index in [9.17, 15) is 0 Å². The van der Waals surface area contributed by atoms with Crippen LogP contribution < -0.4 is 0 Å². The summed E-state index contributed by atoms with van der Waals surface area (Å²) in [5.74, 6) is 0. The second kappa shape index (κ2) is 5.09. The van der Waals surface area contributed by atoms with Crippen molar-refractivity contribution in [1.29, 1.82) is 0 Å². The normalized spacial score (nSPS) is 8.11. The van der Waals surface area contributed by atoms with Gasteiger partial charge in [0.25, 0.3) is 0 Å². The number of benzene rings is 1. The van der Waals surface area contributed by atoms with Crippen LogP contribution in [0.3, 0.4) is 0 Å². The molecule has 0 atom stereocenters. The molecule has 0 spiro atoms. The van der Waals surface area contributed by atoms with E-state index in [-0.39, 0.29) is 31.1 Å². The van der Waals surface area contributed by atoms with Crippen molar-refractivity contribution in [3.05, 3.63) is 35.9 Å². The molecule has 0 aromatic heterocycles. The van der Waals surface area contributed by atoms with Gasteiger partial charge in [0, 0.05) is 31.1 Å². The molecule has 0 saturated carbocycles. The van der Waals surface area contributed by atoms with Crippen LogP contribution in [0.15, 0.2) is 30.3 Å². The number of hydrogen-bond donors (Lipinski definition) is 0. The molecule has 0 amide bonds. The SMILES string of the molecule is CCc1ccccc1.[U]. The molecule has 0 saturated heterocycles. The van der Waals surface area contributed by atoms with E-state index in [1.165, 1.54) is 5.56 Å². The molecule has 0 nitrogen and oxygen atoms in total. The van der Waals surface area contributed by atoms with Gasteiger partial charge >= 0.3 is 0 Å². The van der Waals surface area contributed by atoms with Gasteiger partial charge in [0.2, 0.25) is 0 Å². The maximum absolute atomic E-state index is 2.16. The van der Waals surface area contributed by atoms with Gasteiger partial charge in [-0.1, -0.05) is 37.3 Å². The molecule has 0 aliphatic heterocycles. The van der Waals surface area contributed by atoms with Gasteiger partial charge in [0.05, 0.1) is 0 Å². The summed E-state index contributed by atoms with van der Waals surface area (Å²) in [5.41, 5.74) is 1.41. The number of hydrogen-bond acceptors (Lipinski definition) is 0. The van der Waals surface area contributed by atoms with Crippen LogP contribution in [-0.4, -0.2) is 0 Å². The summed E-state index contributed by atoms with van der Waals surface area (Å²) in [6, 6.07) is 10.5. The standard InChI is InChI=1S/C8H10.U/c1-2-8-6-4-3-5-7-8;/h3-7H,2H2,1H3;. The minimum absolute atomic E-state index is 0. The summed E-state index contributed by atoms with van der Waals surface area (Å²) in [6.07, 6.45) is 1.14. The van der Waals surface area contributed by atoms with Crippen molar-refractivity contribution >= 4 is 0 Å². The monoisotopic (exact) mass is 344 g/mol. The molecule has 0 fully saturated rings. The van der Waals surface area contributed by atoms with E-state index < -0.39 is 0 Å². The van der Waals surface area contributed by atoms with Crippen molar-refractivity contribution in [2.45, 2.75) is 13.3 Å². The Labute approximate surface area is 80.0 Å². The Morgan fingerprint density at radius 3 is 2.00 bits per heavy atom. The van der Waals surface area contributed by atoms with Crippen LogP contribution >= 0.6 is 0 Å². The molecule has 0 heterocycles. The van der Waals surface area contributed by atoms with Crippen LogP contribution in [0.4, 0.5) is 0 Å². The molecule has 1 aromatic carbocycles. The Hall–Kier alpha value is 0.272. The molecule has 0 radical (unpaired) electrons. The summed E-state index contributed by atoms with van der Waals surface area (Å²) in [7, 11) is 0. The second-order valence-corrected chi connectivity index (χ2v) is 1.84. The molecular formula is C8H10U. The molecule has 0 bridgehead atoms. The Balaban J connectivity index is 0.000000640. The van der Waals surface area contributed by atoms with Crippen molar-refractivity contribution in [3.63, 3.8) is 0 Å². The zero-order valence-corrected chi connectivity index (χ0v) is 9.76. The van der Waals surface area contributed by atoms with Crippen molar-refractivity contribution < 1.29 is 31.1 Å². The Morgan fingerprint density at radius 2 is 1.67 bits per heavy atom. The van der Waals surface area contributed by atoms with Crippen LogP contribution in [0.5, 0.6) is 0 Å². The molecule has 1 rings (SSSR count). The molecule has 1 aromatic rings. The minimum Gasteiger partial charge on any atom is -0.0622 e. The van der Waals surface area contributed by atoms with Gasteiger partial charge < -0.3 is 0 Å². The summed E-state index contributed by atoms with van der Waals surface area (Å²) in [4.78, 5) is 0. The smallest absolute Gasteiger partial charge is 0 e. The van der Waals surface area contributed by atoms with E-state index >= 15 is 0 Å². The van der Waals surface area contributed by atoms with Gasteiger partial charge in [-0.25, -0.2) is 0 Å². The molecule has 0 N–H and O–H groups in total. The summed E-state index contributed by atoms with van der Waals surface area (Å²) < 4.78 is 0. The van der Waals surface area contributed by atoms with Crippen LogP contribution in [0.25, 0.3) is 0 Å². The topological polar surface area (TPSA) is 0 Å². The van der Waals surface area contributed by atoms with Crippen LogP contribution in [-0.2, 0) is 6.42 Å². The minimum atomic E-state index is 0. The third-order valence-electron chi connectivity index (χ3n) is 1.25. The fraction of sp³-hybridized carbons (Fsp3) is 0.250. The van der Waals surface area contributed by atoms with Gasteiger partial charge in [-0.15, -0.1) is 0 Å². The molecule has 1 heteroatoms. The Morgan fingerprint density at radius 1 is 1.11 bits per heavy atom. The molecule has 0 aliphatic rings. The van der Waals surface area contributed by atoms with E-state index in [1.54, 1.807) is 0 Å². The van der Waals surface area contributed by atoms with Gasteiger partial charge in [-0.2, -0.15) is 0 Å². The van der Waals surface area contributed by atoms with Crippen LogP contribution in [0.2, 0.25) is 0 Å². The Kier molecular flexibility index (Phi) is 5.24. The van der Waals surface area contributed by atoms with E-state index in [1.807, 2.05) is 6.07 Å². The summed E-state index contributed by atoms with van der Waals surface area (Å²) in [5, 5.41) is 0. The van der Waals surface area contributed by atoms with E-state index in [0.29, 0.717) is 0 Å². The fourth-order valence-electron chi connectivity index (χ4n) is 0.714. The van der Waals surface area contributed by atoms with Gasteiger partial charge in [0.1, 0.15) is 0 Å². The Bertz CT molecular complexity index is 146. The zero-order chi connectivity index (χ0) is 5.82. The van der Waals surface area contributed by atoms with Crippen molar-refractivity contribution in [3.8, 4) is 0 Å². The predicted molar refractivity (Wildman–Crippen MR) is 35.8 cm³/mol. The molecular weight excluding hydrogens is 334 g/mol. The first-order valence-electron chi connectivity index (χ1n) is 2.97. The maximum Gasteiger partial charge on any atom is 0 e. The maximum atomic E-state index is 2.16. The number of aryl methyl sites for hydroxylation is 1. The molecule has 46 valence electrons. The van der Waals surface area contributed by atoms with E-state index in [2.05, 4.69) is 31.2 Å². The summed E-state index contributed by atoms with van der Waals surface area (Å²) in [6.45, 7) is 2.16. The van der Waals surface area contributed by atoms with E-state index in [4.69, 9.17) is 0 Å².